The van der Waals surface area contributed by atoms with Crippen molar-refractivity contribution >= 4 is 10.9 Å². The Bertz CT molecular complexity index is 353. The number of fused-ring (bicyclic) bond motifs is 1. The molecular formula is C9H9N. The Kier molecular flexibility index (Phi) is 0.853. The van der Waals surface area contributed by atoms with Gasteiger partial charge in [0.25, 0.3) is 0 Å². The van der Waals surface area contributed by atoms with E-state index in [2.05, 4.69) is 0 Å². The van der Waals surface area contributed by atoms with Crippen LogP contribution in [0.1, 0.15) is 1.37 Å². The lowest BCUT2D eigenvalue weighted by Crippen LogP contribution is -1.81. The van der Waals surface area contributed by atoms with E-state index in [1.807, 2.05) is 42.1 Å². The standard InChI is InChI=1S/C9H9N/c1-10-7-6-8-4-2-3-5-9(8)10/h2-7H,1H3/i6D. The Morgan fingerprint density at radius 3 is 3.00 bits per heavy atom. The number of nitrogens with zero attached hydrogens (tertiary/aromatic N) is 1. The fourth-order valence-electron chi connectivity index (χ4n) is 1.14. The maximum Gasteiger partial charge on any atom is 0.0645 e. The van der Waals surface area contributed by atoms with Crippen molar-refractivity contribution in [2.75, 3.05) is 0 Å². The number of aryl methyl sites for hydroxylation is 1. The third kappa shape index (κ3) is 0.637. The Balaban J connectivity index is 2.95. The van der Waals surface area contributed by atoms with Gasteiger partial charge >= 0.3 is 0 Å². The second-order valence-corrected chi connectivity index (χ2v) is 2.40. The number of para-hydroxylation sites is 1. The zero-order valence-corrected chi connectivity index (χ0v) is 5.83. The van der Waals surface area contributed by atoms with Crippen LogP contribution in [0.2, 0.25) is 0 Å². The van der Waals surface area contributed by atoms with Crippen molar-refractivity contribution in [3.63, 3.8) is 0 Å². The van der Waals surface area contributed by atoms with Gasteiger partial charge in [-0.05, 0) is 17.5 Å². The Morgan fingerprint density at radius 2 is 2.20 bits per heavy atom. The molecule has 1 nitrogen and oxygen atoms in total. The molecule has 0 fully saturated rings. The lowest BCUT2D eigenvalue weighted by molar-refractivity contribution is 0.969. The highest BCUT2D eigenvalue weighted by atomic mass is 14.9. The van der Waals surface area contributed by atoms with Gasteiger partial charge in [-0.15, -0.1) is 0 Å². The maximum absolute atomic E-state index is 7.56. The highest BCUT2D eigenvalue weighted by Gasteiger charge is 1.92. The fraction of sp³-hybridized carbons (Fsp3) is 0.111. The van der Waals surface area contributed by atoms with E-state index in [0.29, 0.717) is 6.04 Å². The van der Waals surface area contributed by atoms with Crippen LogP contribution in [0.15, 0.2) is 36.5 Å². The van der Waals surface area contributed by atoms with Crippen LogP contribution >= 0.6 is 0 Å². The number of rotatable bonds is 0. The van der Waals surface area contributed by atoms with Crippen molar-refractivity contribution in [1.29, 1.82) is 0 Å². The molecule has 0 spiro atoms. The van der Waals surface area contributed by atoms with Gasteiger partial charge in [-0.25, -0.2) is 0 Å². The molecule has 0 bridgehead atoms. The van der Waals surface area contributed by atoms with E-state index in [1.165, 1.54) is 0 Å². The van der Waals surface area contributed by atoms with E-state index in [9.17, 15) is 0 Å². The van der Waals surface area contributed by atoms with Gasteiger partial charge in [0.2, 0.25) is 0 Å². The van der Waals surface area contributed by atoms with Gasteiger partial charge in [0.15, 0.2) is 0 Å². The molecule has 1 heterocycles. The van der Waals surface area contributed by atoms with E-state index >= 15 is 0 Å². The SMILES string of the molecule is [2H]c1cn(C)c2ccccc12. The van der Waals surface area contributed by atoms with Crippen LogP contribution in [0.3, 0.4) is 0 Å². The van der Waals surface area contributed by atoms with Crippen molar-refractivity contribution in [1.82, 2.24) is 4.57 Å². The van der Waals surface area contributed by atoms with Gasteiger partial charge < -0.3 is 4.57 Å². The molecule has 2 rings (SSSR count). The van der Waals surface area contributed by atoms with Crippen LogP contribution < -0.4 is 0 Å². The zero-order valence-electron chi connectivity index (χ0n) is 6.83. The summed E-state index contributed by atoms with van der Waals surface area (Å²) < 4.78 is 9.53. The lowest BCUT2D eigenvalue weighted by Gasteiger charge is -1.92. The van der Waals surface area contributed by atoms with E-state index in [-0.39, 0.29) is 0 Å². The van der Waals surface area contributed by atoms with Gasteiger partial charge in [0.05, 0.1) is 1.37 Å². The van der Waals surface area contributed by atoms with Crippen molar-refractivity contribution in [2.45, 2.75) is 0 Å². The molecule has 1 aromatic heterocycles. The monoisotopic (exact) mass is 132 g/mol. The predicted molar refractivity (Wildman–Crippen MR) is 42.9 cm³/mol. The van der Waals surface area contributed by atoms with Gasteiger partial charge in [-0.3, -0.25) is 0 Å². The summed E-state index contributed by atoms with van der Waals surface area (Å²) in [6, 6.07) is 8.54. The fourth-order valence-corrected chi connectivity index (χ4v) is 1.14. The van der Waals surface area contributed by atoms with Gasteiger partial charge in [0.1, 0.15) is 0 Å². The molecule has 10 heavy (non-hydrogen) atoms. The van der Waals surface area contributed by atoms with Crippen LogP contribution in [0.25, 0.3) is 10.9 Å². The summed E-state index contributed by atoms with van der Waals surface area (Å²) in [5.74, 6) is 0. The number of benzene rings is 1. The minimum Gasteiger partial charge on any atom is -0.351 e. The van der Waals surface area contributed by atoms with Crippen LogP contribution in [-0.2, 0) is 7.05 Å². The van der Waals surface area contributed by atoms with Gasteiger partial charge in [0, 0.05) is 18.8 Å². The highest BCUT2D eigenvalue weighted by Crippen LogP contribution is 2.12. The third-order valence-electron chi connectivity index (χ3n) is 1.70. The van der Waals surface area contributed by atoms with E-state index in [0.717, 1.165) is 10.9 Å². The number of hydrogen-bond acceptors (Lipinski definition) is 0. The summed E-state index contributed by atoms with van der Waals surface area (Å²) in [7, 11) is 1.96. The molecule has 0 amide bonds. The second-order valence-electron chi connectivity index (χ2n) is 2.40. The summed E-state index contributed by atoms with van der Waals surface area (Å²) >= 11 is 0. The molecule has 0 aliphatic carbocycles. The van der Waals surface area contributed by atoms with Crippen molar-refractivity contribution < 1.29 is 1.37 Å². The van der Waals surface area contributed by atoms with E-state index in [4.69, 9.17) is 1.37 Å². The summed E-state index contributed by atoms with van der Waals surface area (Å²) in [6.07, 6.45) is 1.82. The first-order valence-electron chi connectivity index (χ1n) is 3.80. The molecule has 50 valence electrons. The molecule has 1 heteroatoms. The van der Waals surface area contributed by atoms with Gasteiger partial charge in [-0.2, -0.15) is 0 Å². The van der Waals surface area contributed by atoms with Crippen LogP contribution in [0.5, 0.6) is 0 Å². The maximum atomic E-state index is 7.56. The lowest BCUT2D eigenvalue weighted by atomic mass is 10.2. The molecule has 0 unspecified atom stereocenters. The smallest absolute Gasteiger partial charge is 0.0645 e. The van der Waals surface area contributed by atoms with Crippen LogP contribution in [-0.4, -0.2) is 4.57 Å². The summed E-state index contributed by atoms with van der Waals surface area (Å²) in [5.41, 5.74) is 1.12. The van der Waals surface area contributed by atoms with Crippen molar-refractivity contribution in [2.24, 2.45) is 7.05 Å². The molecule has 0 N–H and O–H groups in total. The Morgan fingerprint density at radius 1 is 1.40 bits per heavy atom. The van der Waals surface area contributed by atoms with E-state index in [1.54, 1.807) is 0 Å². The molecule has 1 aromatic carbocycles. The zero-order chi connectivity index (χ0) is 7.84. The topological polar surface area (TPSA) is 4.93 Å². The molecule has 0 atom stereocenters. The highest BCUT2D eigenvalue weighted by molar-refractivity contribution is 5.79. The molecule has 0 saturated carbocycles. The first kappa shape index (κ1) is 4.56. The Labute approximate surface area is 61.3 Å². The molecule has 2 aromatic rings. The summed E-state index contributed by atoms with van der Waals surface area (Å²) in [5, 5.41) is 1.02. The molecule has 0 aliphatic heterocycles. The average molecular weight is 132 g/mol. The van der Waals surface area contributed by atoms with Gasteiger partial charge in [-0.1, -0.05) is 18.2 Å². The first-order chi connectivity index (χ1) is 5.29. The first-order valence-corrected chi connectivity index (χ1v) is 3.30. The van der Waals surface area contributed by atoms with Crippen molar-refractivity contribution in [3.05, 3.63) is 36.5 Å². The third-order valence-corrected chi connectivity index (χ3v) is 1.70. The van der Waals surface area contributed by atoms with Crippen LogP contribution in [0.4, 0.5) is 0 Å². The largest absolute Gasteiger partial charge is 0.351 e. The minimum absolute atomic E-state index is 0.600. The predicted octanol–water partition coefficient (Wildman–Crippen LogP) is 2.18. The van der Waals surface area contributed by atoms with Crippen LogP contribution in [0, 0.1) is 0 Å². The normalized spacial score (nSPS) is 11.9. The second kappa shape index (κ2) is 1.87. The minimum atomic E-state index is 0.600. The molecule has 0 radical (unpaired) electrons. The molecule has 0 aliphatic rings. The number of hydrogen-bond donors (Lipinski definition) is 0. The summed E-state index contributed by atoms with van der Waals surface area (Å²) in [4.78, 5) is 0. The van der Waals surface area contributed by atoms with Crippen molar-refractivity contribution in [3.8, 4) is 0 Å². The Hall–Kier alpha value is -1.24. The summed E-state index contributed by atoms with van der Waals surface area (Å²) in [6.45, 7) is 0. The molecule has 0 saturated heterocycles. The van der Waals surface area contributed by atoms with E-state index < -0.39 is 0 Å². The quantitative estimate of drug-likeness (QED) is 0.517. The number of aromatic nitrogens is 1. The average Bonchev–Trinajstić information content (AvgIpc) is 2.30. The molecular weight excluding hydrogens is 122 g/mol.